The third kappa shape index (κ3) is 6.42. The minimum Gasteiger partial charge on any atom is -0.385 e. The van der Waals surface area contributed by atoms with Crippen molar-refractivity contribution in [1.29, 1.82) is 0 Å². The van der Waals surface area contributed by atoms with Gasteiger partial charge < -0.3 is 10.2 Å². The Morgan fingerprint density at radius 1 is 0.955 bits per heavy atom. The van der Waals surface area contributed by atoms with E-state index in [2.05, 4.69) is 50.5 Å². The fourth-order valence-electron chi connectivity index (χ4n) is 2.03. The quantitative estimate of drug-likeness (QED) is 0.427. The van der Waals surface area contributed by atoms with Gasteiger partial charge in [0, 0.05) is 29.4 Å². The van der Waals surface area contributed by atoms with Crippen molar-refractivity contribution in [2.45, 2.75) is 24.0 Å². The molecule has 22 heavy (non-hydrogen) atoms. The lowest BCUT2D eigenvalue weighted by atomic mass is 9.92. The number of allylic oxidation sites excluding steroid dienone is 3. The first-order valence-corrected chi connectivity index (χ1v) is 9.57. The van der Waals surface area contributed by atoms with Crippen molar-refractivity contribution >= 4 is 50.5 Å². The molecule has 0 saturated carbocycles. The molecule has 0 amide bonds. The molecule has 0 heterocycles. The van der Waals surface area contributed by atoms with Crippen LogP contribution < -0.4 is 0 Å². The smallest absolute Gasteiger partial charge is 0.0955 e. The standard InChI is InChI=1S/2C8H12OS2/c9-8(6-11)3-1-7(5-10)2-4-8;9-8(6-11)3-1-2-7(4-8)5-10/h2*1-3,9-11H,4-6H2. The van der Waals surface area contributed by atoms with Gasteiger partial charge in [0.2, 0.25) is 0 Å². The van der Waals surface area contributed by atoms with E-state index in [4.69, 9.17) is 0 Å². The summed E-state index contributed by atoms with van der Waals surface area (Å²) in [7, 11) is 0. The fraction of sp³-hybridized carbons (Fsp3) is 0.500. The highest BCUT2D eigenvalue weighted by molar-refractivity contribution is 7.80. The van der Waals surface area contributed by atoms with Gasteiger partial charge in [-0.25, -0.2) is 0 Å². The van der Waals surface area contributed by atoms with E-state index < -0.39 is 11.2 Å². The van der Waals surface area contributed by atoms with Gasteiger partial charge >= 0.3 is 0 Å². The van der Waals surface area contributed by atoms with E-state index in [0.717, 1.165) is 11.3 Å². The first kappa shape index (κ1) is 20.3. The van der Waals surface area contributed by atoms with Crippen LogP contribution in [0.25, 0.3) is 0 Å². The molecule has 2 aliphatic carbocycles. The van der Waals surface area contributed by atoms with Crippen molar-refractivity contribution in [3.8, 4) is 0 Å². The normalized spacial score (nSPS) is 30.3. The van der Waals surface area contributed by atoms with Crippen molar-refractivity contribution in [1.82, 2.24) is 0 Å². The molecule has 0 bridgehead atoms. The second kappa shape index (κ2) is 9.55. The molecule has 2 unspecified atom stereocenters. The van der Waals surface area contributed by atoms with Crippen molar-refractivity contribution < 1.29 is 10.2 Å². The van der Waals surface area contributed by atoms with Crippen molar-refractivity contribution in [2.75, 3.05) is 23.0 Å². The van der Waals surface area contributed by atoms with E-state index in [1.807, 2.05) is 24.3 Å². The Labute approximate surface area is 155 Å². The van der Waals surface area contributed by atoms with Crippen LogP contribution in [0.2, 0.25) is 0 Å². The maximum Gasteiger partial charge on any atom is 0.0955 e. The molecule has 0 aromatic heterocycles. The molecule has 2 rings (SSSR count). The molecule has 2 aliphatic rings. The van der Waals surface area contributed by atoms with Crippen LogP contribution in [0.4, 0.5) is 0 Å². The van der Waals surface area contributed by atoms with Crippen LogP contribution in [0, 0.1) is 0 Å². The van der Waals surface area contributed by atoms with E-state index in [-0.39, 0.29) is 0 Å². The molecule has 2 N–H and O–H groups in total. The van der Waals surface area contributed by atoms with E-state index in [1.165, 1.54) is 5.57 Å². The summed E-state index contributed by atoms with van der Waals surface area (Å²) in [6, 6.07) is 0. The second-order valence-electron chi connectivity index (χ2n) is 5.52. The van der Waals surface area contributed by atoms with Crippen molar-refractivity contribution in [3.05, 3.63) is 47.6 Å². The Hall–Kier alpha value is 0.280. The maximum atomic E-state index is 9.74. The van der Waals surface area contributed by atoms with Crippen LogP contribution in [-0.4, -0.2) is 44.4 Å². The van der Waals surface area contributed by atoms with Crippen LogP contribution in [0.5, 0.6) is 0 Å². The van der Waals surface area contributed by atoms with Crippen molar-refractivity contribution in [3.63, 3.8) is 0 Å². The highest BCUT2D eigenvalue weighted by Gasteiger charge is 2.24. The summed E-state index contributed by atoms with van der Waals surface area (Å²) in [5.74, 6) is 2.38. The zero-order valence-corrected chi connectivity index (χ0v) is 16.0. The number of hydrogen-bond acceptors (Lipinski definition) is 6. The number of aliphatic hydroxyl groups is 2. The molecule has 0 aliphatic heterocycles. The van der Waals surface area contributed by atoms with Gasteiger partial charge in [-0.2, -0.15) is 50.5 Å². The zero-order valence-electron chi connectivity index (χ0n) is 12.4. The summed E-state index contributed by atoms with van der Waals surface area (Å²) in [5.41, 5.74) is 0.859. The van der Waals surface area contributed by atoms with E-state index in [1.54, 1.807) is 12.2 Å². The molecule has 0 saturated heterocycles. The van der Waals surface area contributed by atoms with Crippen LogP contribution >= 0.6 is 50.5 Å². The third-order valence-corrected chi connectivity index (χ3v) is 5.40. The Balaban J connectivity index is 0.000000220. The van der Waals surface area contributed by atoms with Gasteiger partial charge in [-0.15, -0.1) is 0 Å². The average Bonchev–Trinajstić information content (AvgIpc) is 2.56. The first-order valence-electron chi connectivity index (χ1n) is 7.04. The van der Waals surface area contributed by atoms with Crippen LogP contribution in [0.3, 0.4) is 0 Å². The van der Waals surface area contributed by atoms with Gasteiger partial charge in [-0.3, -0.25) is 0 Å². The topological polar surface area (TPSA) is 40.5 Å². The molecule has 124 valence electrons. The lowest BCUT2D eigenvalue weighted by molar-refractivity contribution is 0.116. The fourth-order valence-corrected chi connectivity index (χ4v) is 2.94. The molecule has 0 spiro atoms. The summed E-state index contributed by atoms with van der Waals surface area (Å²) in [5, 5.41) is 19.4. The summed E-state index contributed by atoms with van der Waals surface area (Å²) >= 11 is 16.4. The number of rotatable bonds is 4. The Morgan fingerprint density at radius 2 is 1.64 bits per heavy atom. The predicted molar refractivity (Wildman–Crippen MR) is 109 cm³/mol. The maximum absolute atomic E-state index is 9.74. The molecule has 0 radical (unpaired) electrons. The minimum absolute atomic E-state index is 0.467. The summed E-state index contributed by atoms with van der Waals surface area (Å²) in [4.78, 5) is 0. The van der Waals surface area contributed by atoms with E-state index in [0.29, 0.717) is 30.1 Å². The zero-order chi connectivity index (χ0) is 16.6. The predicted octanol–water partition coefficient (Wildman–Crippen LogP) is 2.93. The van der Waals surface area contributed by atoms with Gasteiger partial charge in [-0.05, 0) is 12.0 Å². The van der Waals surface area contributed by atoms with Gasteiger partial charge in [0.15, 0.2) is 0 Å². The van der Waals surface area contributed by atoms with Gasteiger partial charge in [0.1, 0.15) is 0 Å². The molecule has 6 heteroatoms. The molecule has 2 nitrogen and oxygen atoms in total. The van der Waals surface area contributed by atoms with Crippen LogP contribution in [0.15, 0.2) is 47.6 Å². The summed E-state index contributed by atoms with van der Waals surface area (Å²) < 4.78 is 0. The Kier molecular flexibility index (Phi) is 8.82. The average molecular weight is 377 g/mol. The Morgan fingerprint density at radius 3 is 2.09 bits per heavy atom. The third-order valence-electron chi connectivity index (χ3n) is 3.53. The van der Waals surface area contributed by atoms with Gasteiger partial charge in [0.05, 0.1) is 11.2 Å². The SMILES string of the molecule is OC1(CS)C=CC(CS)=CC1.OC1(CS)C=CC=C(CS)C1. The molecule has 0 aromatic rings. The summed E-state index contributed by atoms with van der Waals surface area (Å²) in [6.07, 6.45) is 12.7. The van der Waals surface area contributed by atoms with Crippen LogP contribution in [-0.2, 0) is 0 Å². The lowest BCUT2D eigenvalue weighted by Crippen LogP contribution is -2.30. The largest absolute Gasteiger partial charge is 0.385 e. The highest BCUT2D eigenvalue weighted by Crippen LogP contribution is 2.24. The van der Waals surface area contributed by atoms with Crippen molar-refractivity contribution in [2.24, 2.45) is 0 Å². The number of thiol groups is 4. The molecule has 0 aromatic carbocycles. The monoisotopic (exact) mass is 376 g/mol. The van der Waals surface area contributed by atoms with E-state index >= 15 is 0 Å². The second-order valence-corrected chi connectivity index (χ2v) is 6.78. The molecular weight excluding hydrogens is 352 g/mol. The minimum atomic E-state index is -0.740. The molecule has 2 atom stereocenters. The highest BCUT2D eigenvalue weighted by atomic mass is 32.1. The first-order chi connectivity index (χ1) is 10.4. The molecular formula is C16H24O2S4. The van der Waals surface area contributed by atoms with Gasteiger partial charge in [-0.1, -0.05) is 42.0 Å². The summed E-state index contributed by atoms with van der Waals surface area (Å²) in [6.45, 7) is 0. The van der Waals surface area contributed by atoms with Gasteiger partial charge in [0.25, 0.3) is 0 Å². The van der Waals surface area contributed by atoms with Crippen LogP contribution in [0.1, 0.15) is 12.8 Å². The van der Waals surface area contributed by atoms with E-state index in [9.17, 15) is 10.2 Å². The Bertz CT molecular complexity index is 485. The molecule has 0 fully saturated rings. The lowest BCUT2D eigenvalue weighted by Gasteiger charge is -2.25. The number of hydrogen-bond donors (Lipinski definition) is 6.